The summed E-state index contributed by atoms with van der Waals surface area (Å²) in [6.45, 7) is 6.32. The molecule has 0 atom stereocenters. The predicted octanol–water partition coefficient (Wildman–Crippen LogP) is 2.71. The van der Waals surface area contributed by atoms with Gasteiger partial charge in [0, 0.05) is 11.3 Å². The predicted molar refractivity (Wildman–Crippen MR) is 75.6 cm³/mol. The highest BCUT2D eigenvalue weighted by molar-refractivity contribution is 5.64. The summed E-state index contributed by atoms with van der Waals surface area (Å²) in [5.74, 6) is 1.29. The second-order valence-electron chi connectivity index (χ2n) is 4.26. The number of ether oxygens (including phenoxy) is 1. The Morgan fingerprint density at radius 1 is 1.26 bits per heavy atom. The molecule has 4 heteroatoms. The number of aromatic nitrogens is 2. The molecule has 2 aromatic rings. The minimum Gasteiger partial charge on any atom is -0.493 e. The van der Waals surface area contributed by atoms with Crippen LogP contribution in [0, 0.1) is 6.92 Å². The normalized spacial score (nSPS) is 10.5. The van der Waals surface area contributed by atoms with Gasteiger partial charge in [-0.3, -0.25) is 4.79 Å². The topological polar surface area (TPSA) is 55.0 Å². The molecule has 0 unspecified atom stereocenters. The van der Waals surface area contributed by atoms with E-state index in [1.165, 1.54) is 0 Å². The number of rotatable bonds is 4. The van der Waals surface area contributed by atoms with Gasteiger partial charge in [-0.1, -0.05) is 19.1 Å². The first-order chi connectivity index (χ1) is 9.17. The molecule has 0 aliphatic rings. The Morgan fingerprint density at radius 2 is 2.00 bits per heavy atom. The number of para-hydroxylation sites is 1. The van der Waals surface area contributed by atoms with Crippen molar-refractivity contribution < 1.29 is 4.74 Å². The van der Waals surface area contributed by atoms with E-state index in [1.807, 2.05) is 45.0 Å². The second-order valence-corrected chi connectivity index (χ2v) is 4.26. The number of aromatic amines is 1. The average molecular weight is 258 g/mol. The molecular weight excluding hydrogens is 240 g/mol. The summed E-state index contributed by atoms with van der Waals surface area (Å²) in [7, 11) is 0. The summed E-state index contributed by atoms with van der Waals surface area (Å²) in [5, 5.41) is 0. The smallest absolute Gasteiger partial charge is 0.254 e. The molecule has 2 rings (SSSR count). The number of hydrogen-bond acceptors (Lipinski definition) is 3. The number of nitrogens with zero attached hydrogens (tertiary/aromatic N) is 1. The highest BCUT2D eigenvalue weighted by atomic mass is 16.5. The zero-order valence-electron chi connectivity index (χ0n) is 11.5. The van der Waals surface area contributed by atoms with Crippen LogP contribution in [-0.4, -0.2) is 16.6 Å². The van der Waals surface area contributed by atoms with Crippen molar-refractivity contribution in [3.05, 3.63) is 45.9 Å². The molecule has 19 heavy (non-hydrogen) atoms. The third kappa shape index (κ3) is 2.67. The number of H-pyrrole nitrogens is 1. The van der Waals surface area contributed by atoms with Crippen LogP contribution in [0.4, 0.5) is 0 Å². The average Bonchev–Trinajstić information content (AvgIpc) is 2.39. The monoisotopic (exact) mass is 258 g/mol. The van der Waals surface area contributed by atoms with Crippen molar-refractivity contribution in [2.75, 3.05) is 6.61 Å². The minimum absolute atomic E-state index is 0.0729. The highest BCUT2D eigenvalue weighted by Crippen LogP contribution is 2.26. The van der Waals surface area contributed by atoms with E-state index in [1.54, 1.807) is 0 Å². The zero-order valence-corrected chi connectivity index (χ0v) is 11.5. The van der Waals surface area contributed by atoms with Crippen LogP contribution in [0.3, 0.4) is 0 Å². The molecule has 0 aliphatic carbocycles. The standard InChI is InChI=1S/C15H18N2O2/c1-4-11-10(3)16-14(17-15(11)18)12-8-6-7-9-13(12)19-5-2/h6-9H,4-5H2,1-3H3,(H,16,17,18). The minimum atomic E-state index is -0.0729. The third-order valence-corrected chi connectivity index (χ3v) is 3.02. The lowest BCUT2D eigenvalue weighted by molar-refractivity contribution is 0.341. The Labute approximate surface area is 112 Å². The molecule has 0 aliphatic heterocycles. The molecule has 0 saturated heterocycles. The van der Waals surface area contributed by atoms with Gasteiger partial charge in [-0.05, 0) is 32.4 Å². The summed E-state index contributed by atoms with van der Waals surface area (Å²) in [6.07, 6.45) is 0.682. The Kier molecular flexibility index (Phi) is 4.00. The molecule has 4 nitrogen and oxygen atoms in total. The first kappa shape index (κ1) is 13.3. The van der Waals surface area contributed by atoms with E-state index in [9.17, 15) is 4.79 Å². The molecule has 0 saturated carbocycles. The zero-order chi connectivity index (χ0) is 13.8. The molecule has 1 heterocycles. The second kappa shape index (κ2) is 5.69. The molecule has 1 N–H and O–H groups in total. The number of aryl methyl sites for hydroxylation is 1. The van der Waals surface area contributed by atoms with E-state index >= 15 is 0 Å². The van der Waals surface area contributed by atoms with Gasteiger partial charge in [0.05, 0.1) is 12.2 Å². The van der Waals surface area contributed by atoms with E-state index < -0.39 is 0 Å². The van der Waals surface area contributed by atoms with Crippen LogP contribution >= 0.6 is 0 Å². The van der Waals surface area contributed by atoms with Gasteiger partial charge in [0.1, 0.15) is 11.6 Å². The van der Waals surface area contributed by atoms with Crippen molar-refractivity contribution in [2.45, 2.75) is 27.2 Å². The van der Waals surface area contributed by atoms with Crippen molar-refractivity contribution in [1.82, 2.24) is 9.97 Å². The lowest BCUT2D eigenvalue weighted by atomic mass is 10.1. The maximum Gasteiger partial charge on any atom is 0.254 e. The first-order valence-electron chi connectivity index (χ1n) is 6.49. The molecule has 1 aromatic heterocycles. The Balaban J connectivity index is 2.57. The largest absolute Gasteiger partial charge is 0.493 e. The van der Waals surface area contributed by atoms with Gasteiger partial charge in [-0.15, -0.1) is 0 Å². The fourth-order valence-electron chi connectivity index (χ4n) is 2.10. The molecule has 0 fully saturated rings. The summed E-state index contributed by atoms with van der Waals surface area (Å²) in [4.78, 5) is 19.3. The first-order valence-corrected chi connectivity index (χ1v) is 6.49. The van der Waals surface area contributed by atoms with E-state index in [2.05, 4.69) is 9.97 Å². The van der Waals surface area contributed by atoms with E-state index in [4.69, 9.17) is 4.74 Å². The summed E-state index contributed by atoms with van der Waals surface area (Å²) < 4.78 is 5.57. The Bertz CT molecular complexity index is 632. The van der Waals surface area contributed by atoms with Crippen LogP contribution in [-0.2, 0) is 6.42 Å². The van der Waals surface area contributed by atoms with Crippen LogP contribution < -0.4 is 10.3 Å². The van der Waals surface area contributed by atoms with Crippen molar-refractivity contribution in [3.8, 4) is 17.1 Å². The third-order valence-electron chi connectivity index (χ3n) is 3.02. The number of benzene rings is 1. The van der Waals surface area contributed by atoms with Crippen LogP contribution in [0.1, 0.15) is 25.1 Å². The van der Waals surface area contributed by atoms with Crippen LogP contribution in [0.2, 0.25) is 0 Å². The molecule has 100 valence electrons. The van der Waals surface area contributed by atoms with Gasteiger partial charge in [0.15, 0.2) is 0 Å². The van der Waals surface area contributed by atoms with Crippen molar-refractivity contribution >= 4 is 0 Å². The molecule has 0 bridgehead atoms. The molecule has 1 aromatic carbocycles. The maximum absolute atomic E-state index is 12.0. The van der Waals surface area contributed by atoms with Crippen molar-refractivity contribution in [3.63, 3.8) is 0 Å². The molecule has 0 spiro atoms. The van der Waals surface area contributed by atoms with Crippen molar-refractivity contribution in [2.24, 2.45) is 0 Å². The lowest BCUT2D eigenvalue weighted by Crippen LogP contribution is -2.17. The summed E-state index contributed by atoms with van der Waals surface area (Å²) in [5.41, 5.74) is 2.24. The van der Waals surface area contributed by atoms with E-state index in [-0.39, 0.29) is 5.56 Å². The van der Waals surface area contributed by atoms with E-state index in [0.717, 1.165) is 22.6 Å². The molecule has 0 radical (unpaired) electrons. The van der Waals surface area contributed by atoms with Gasteiger partial charge < -0.3 is 9.72 Å². The lowest BCUT2D eigenvalue weighted by Gasteiger charge is -2.10. The fraction of sp³-hybridized carbons (Fsp3) is 0.333. The van der Waals surface area contributed by atoms with Crippen LogP contribution in [0.25, 0.3) is 11.4 Å². The van der Waals surface area contributed by atoms with Gasteiger partial charge in [0.25, 0.3) is 5.56 Å². The fourth-order valence-corrected chi connectivity index (χ4v) is 2.10. The number of nitrogens with one attached hydrogen (secondary N) is 1. The van der Waals surface area contributed by atoms with E-state index in [0.29, 0.717) is 18.9 Å². The van der Waals surface area contributed by atoms with Gasteiger partial charge in [-0.25, -0.2) is 4.98 Å². The maximum atomic E-state index is 12.0. The van der Waals surface area contributed by atoms with Crippen LogP contribution in [0.15, 0.2) is 29.1 Å². The Hall–Kier alpha value is -2.10. The quantitative estimate of drug-likeness (QED) is 0.917. The summed E-state index contributed by atoms with van der Waals surface area (Å²) in [6, 6.07) is 7.58. The number of hydrogen-bond donors (Lipinski definition) is 1. The van der Waals surface area contributed by atoms with Crippen molar-refractivity contribution in [1.29, 1.82) is 0 Å². The summed E-state index contributed by atoms with van der Waals surface area (Å²) >= 11 is 0. The van der Waals surface area contributed by atoms with Crippen LogP contribution in [0.5, 0.6) is 5.75 Å². The highest BCUT2D eigenvalue weighted by Gasteiger charge is 2.11. The molecule has 0 amide bonds. The van der Waals surface area contributed by atoms with Gasteiger partial charge in [-0.2, -0.15) is 0 Å². The SMILES string of the molecule is CCOc1ccccc1-c1nc(C)c(CC)c(=O)[nH]1. The molecular formula is C15H18N2O2. The van der Waals surface area contributed by atoms with Gasteiger partial charge in [0.2, 0.25) is 0 Å². The van der Waals surface area contributed by atoms with Gasteiger partial charge >= 0.3 is 0 Å². The Morgan fingerprint density at radius 3 is 2.63 bits per heavy atom.